The van der Waals surface area contributed by atoms with Crippen LogP contribution in [0.4, 0.5) is 10.1 Å². The monoisotopic (exact) mass is 238 g/mol. The molecule has 1 unspecified atom stereocenters. The molecule has 2 nitrogen and oxygen atoms in total. The molecule has 0 amide bonds. The molecular formula is C12H15FN2S. The lowest BCUT2D eigenvalue weighted by Gasteiger charge is -2.26. The molecule has 0 aliphatic heterocycles. The Morgan fingerprint density at radius 2 is 2.19 bits per heavy atom. The van der Waals surface area contributed by atoms with Gasteiger partial charge in [0.25, 0.3) is 0 Å². The normalized spacial score (nSPS) is 11.9. The van der Waals surface area contributed by atoms with Gasteiger partial charge in [0.05, 0.1) is 11.6 Å². The smallest absolute Gasteiger partial charge is 0.126 e. The molecular weight excluding hydrogens is 223 g/mol. The van der Waals surface area contributed by atoms with Crippen LogP contribution in [0.5, 0.6) is 0 Å². The molecule has 0 fully saturated rings. The van der Waals surface area contributed by atoms with Gasteiger partial charge in [-0.15, -0.1) is 0 Å². The van der Waals surface area contributed by atoms with Crippen molar-refractivity contribution in [3.63, 3.8) is 0 Å². The van der Waals surface area contributed by atoms with E-state index in [9.17, 15) is 4.39 Å². The van der Waals surface area contributed by atoms with Crippen LogP contribution in [0.15, 0.2) is 18.2 Å². The van der Waals surface area contributed by atoms with Crippen molar-refractivity contribution < 1.29 is 4.39 Å². The fraction of sp³-hybridized carbons (Fsp3) is 0.417. The second-order valence-electron chi connectivity index (χ2n) is 3.73. The summed E-state index contributed by atoms with van der Waals surface area (Å²) in [5, 5.41) is 8.77. The molecule has 1 rings (SSSR count). The highest BCUT2D eigenvalue weighted by molar-refractivity contribution is 7.98. The average molecular weight is 238 g/mol. The van der Waals surface area contributed by atoms with Gasteiger partial charge in [-0.2, -0.15) is 17.0 Å². The lowest BCUT2D eigenvalue weighted by atomic mass is 10.2. The minimum atomic E-state index is -0.364. The van der Waals surface area contributed by atoms with E-state index < -0.39 is 0 Å². The lowest BCUT2D eigenvalue weighted by molar-refractivity contribution is 0.625. The van der Waals surface area contributed by atoms with E-state index in [2.05, 4.69) is 6.92 Å². The Balaban J connectivity index is 2.95. The highest BCUT2D eigenvalue weighted by Gasteiger charge is 2.11. The van der Waals surface area contributed by atoms with Crippen molar-refractivity contribution >= 4 is 17.4 Å². The first-order valence-electron chi connectivity index (χ1n) is 5.01. The van der Waals surface area contributed by atoms with E-state index in [0.29, 0.717) is 11.6 Å². The third-order valence-corrected chi connectivity index (χ3v) is 3.30. The topological polar surface area (TPSA) is 27.0 Å². The van der Waals surface area contributed by atoms with Gasteiger partial charge in [0, 0.05) is 24.5 Å². The minimum absolute atomic E-state index is 0.309. The zero-order valence-corrected chi connectivity index (χ0v) is 10.5. The predicted octanol–water partition coefficient (Wildman–Crippen LogP) is 2.89. The first kappa shape index (κ1) is 12.9. The van der Waals surface area contributed by atoms with Crippen molar-refractivity contribution in [2.75, 3.05) is 24.0 Å². The maximum absolute atomic E-state index is 13.2. The average Bonchev–Trinajstić information content (AvgIpc) is 2.27. The zero-order valence-electron chi connectivity index (χ0n) is 9.70. The van der Waals surface area contributed by atoms with Gasteiger partial charge in [0.15, 0.2) is 0 Å². The second-order valence-corrected chi connectivity index (χ2v) is 4.64. The molecule has 0 aliphatic rings. The molecule has 0 saturated carbocycles. The molecule has 16 heavy (non-hydrogen) atoms. The molecule has 0 radical (unpaired) electrons. The molecule has 0 saturated heterocycles. The number of anilines is 1. The molecule has 86 valence electrons. The fourth-order valence-corrected chi connectivity index (χ4v) is 2.16. The van der Waals surface area contributed by atoms with E-state index in [1.165, 1.54) is 12.1 Å². The molecule has 0 spiro atoms. The predicted molar refractivity (Wildman–Crippen MR) is 67.4 cm³/mol. The number of benzene rings is 1. The summed E-state index contributed by atoms with van der Waals surface area (Å²) < 4.78 is 13.2. The SMILES string of the molecule is CSCC(C)N(C)c1cc(F)cc(C#N)c1. The van der Waals surface area contributed by atoms with E-state index in [0.717, 1.165) is 11.4 Å². The number of thioether (sulfide) groups is 1. The molecule has 0 N–H and O–H groups in total. The molecule has 4 heteroatoms. The van der Waals surface area contributed by atoms with Gasteiger partial charge in [0.2, 0.25) is 0 Å². The summed E-state index contributed by atoms with van der Waals surface area (Å²) in [5.74, 6) is 0.604. The van der Waals surface area contributed by atoms with Crippen LogP contribution >= 0.6 is 11.8 Å². The van der Waals surface area contributed by atoms with E-state index in [1.807, 2.05) is 24.3 Å². The molecule has 1 atom stereocenters. The first-order valence-corrected chi connectivity index (χ1v) is 6.40. The summed E-state index contributed by atoms with van der Waals surface area (Å²) in [6, 6.07) is 6.68. The van der Waals surface area contributed by atoms with Gasteiger partial charge in [-0.1, -0.05) is 0 Å². The van der Waals surface area contributed by atoms with Crippen molar-refractivity contribution in [3.05, 3.63) is 29.6 Å². The Bertz CT molecular complexity index is 400. The van der Waals surface area contributed by atoms with E-state index in [1.54, 1.807) is 17.8 Å². The maximum atomic E-state index is 13.2. The Morgan fingerprint density at radius 3 is 2.75 bits per heavy atom. The van der Waals surface area contributed by atoms with E-state index in [4.69, 9.17) is 5.26 Å². The van der Waals surface area contributed by atoms with Crippen LogP contribution in [-0.2, 0) is 0 Å². The van der Waals surface area contributed by atoms with Crippen LogP contribution in [0.25, 0.3) is 0 Å². The second kappa shape index (κ2) is 5.76. The van der Waals surface area contributed by atoms with Gasteiger partial charge in [-0.25, -0.2) is 4.39 Å². The Morgan fingerprint density at radius 1 is 1.50 bits per heavy atom. The van der Waals surface area contributed by atoms with E-state index in [-0.39, 0.29) is 5.82 Å². The Hall–Kier alpha value is -1.21. The van der Waals surface area contributed by atoms with Crippen molar-refractivity contribution in [2.45, 2.75) is 13.0 Å². The quantitative estimate of drug-likeness (QED) is 0.807. The van der Waals surface area contributed by atoms with Crippen LogP contribution in [0.3, 0.4) is 0 Å². The van der Waals surface area contributed by atoms with Gasteiger partial charge < -0.3 is 4.90 Å². The van der Waals surface area contributed by atoms with Crippen molar-refractivity contribution in [2.24, 2.45) is 0 Å². The standard InChI is InChI=1S/C12H15FN2S/c1-9(8-16-3)15(2)12-5-10(7-14)4-11(13)6-12/h4-6,9H,8H2,1-3H3. The van der Waals surface area contributed by atoms with Crippen molar-refractivity contribution in [3.8, 4) is 6.07 Å². The molecule has 0 aromatic heterocycles. The van der Waals surface area contributed by atoms with Crippen molar-refractivity contribution in [1.29, 1.82) is 5.26 Å². The number of halogens is 1. The number of rotatable bonds is 4. The van der Waals surface area contributed by atoms with Crippen LogP contribution in [0, 0.1) is 17.1 Å². The van der Waals surface area contributed by atoms with Crippen LogP contribution < -0.4 is 4.90 Å². The van der Waals surface area contributed by atoms with Crippen LogP contribution in [0.2, 0.25) is 0 Å². The summed E-state index contributed by atoms with van der Waals surface area (Å²) in [6.07, 6.45) is 2.04. The van der Waals surface area contributed by atoms with Gasteiger partial charge in [0.1, 0.15) is 5.82 Å². The van der Waals surface area contributed by atoms with Crippen molar-refractivity contribution in [1.82, 2.24) is 0 Å². The lowest BCUT2D eigenvalue weighted by Crippen LogP contribution is -2.30. The highest BCUT2D eigenvalue weighted by atomic mass is 32.2. The van der Waals surface area contributed by atoms with Gasteiger partial charge >= 0.3 is 0 Å². The Kier molecular flexibility index (Phi) is 4.63. The first-order chi connectivity index (χ1) is 7.58. The third kappa shape index (κ3) is 3.14. The fourth-order valence-electron chi connectivity index (χ4n) is 1.45. The molecule has 0 heterocycles. The maximum Gasteiger partial charge on any atom is 0.126 e. The van der Waals surface area contributed by atoms with Crippen LogP contribution in [-0.4, -0.2) is 25.1 Å². The molecule has 0 bridgehead atoms. The van der Waals surface area contributed by atoms with E-state index >= 15 is 0 Å². The van der Waals surface area contributed by atoms with Crippen LogP contribution in [0.1, 0.15) is 12.5 Å². The third-order valence-electron chi connectivity index (χ3n) is 2.49. The summed E-state index contributed by atoms with van der Waals surface area (Å²) in [4.78, 5) is 1.99. The number of hydrogen-bond acceptors (Lipinski definition) is 3. The minimum Gasteiger partial charge on any atom is -0.371 e. The zero-order chi connectivity index (χ0) is 12.1. The number of nitriles is 1. The Labute approximate surface area is 100 Å². The summed E-state index contributed by atoms with van der Waals surface area (Å²) in [5.41, 5.74) is 1.11. The molecule has 1 aromatic carbocycles. The molecule has 0 aliphatic carbocycles. The summed E-state index contributed by atoms with van der Waals surface area (Å²) in [6.45, 7) is 2.08. The molecule has 1 aromatic rings. The number of hydrogen-bond donors (Lipinski definition) is 0. The van der Waals surface area contributed by atoms with Gasteiger partial charge in [-0.3, -0.25) is 0 Å². The highest BCUT2D eigenvalue weighted by Crippen LogP contribution is 2.20. The number of nitrogens with zero attached hydrogens (tertiary/aromatic N) is 2. The summed E-state index contributed by atoms with van der Waals surface area (Å²) in [7, 11) is 1.91. The summed E-state index contributed by atoms with van der Waals surface area (Å²) >= 11 is 1.75. The largest absolute Gasteiger partial charge is 0.371 e. The van der Waals surface area contributed by atoms with Gasteiger partial charge in [-0.05, 0) is 31.4 Å².